The summed E-state index contributed by atoms with van der Waals surface area (Å²) < 4.78 is 0. The van der Waals surface area contributed by atoms with Crippen molar-refractivity contribution in [3.8, 4) is 0 Å². The molecule has 4 nitrogen and oxygen atoms in total. The second-order valence-corrected chi connectivity index (χ2v) is 4.87. The van der Waals surface area contributed by atoms with Gasteiger partial charge in [0.1, 0.15) is 5.82 Å². The summed E-state index contributed by atoms with van der Waals surface area (Å²) in [5, 5.41) is 19.6. The molecule has 2 N–H and O–H groups in total. The van der Waals surface area contributed by atoms with Crippen LogP contribution in [0.15, 0.2) is 18.3 Å². The third kappa shape index (κ3) is 2.58. The van der Waals surface area contributed by atoms with Crippen molar-refractivity contribution in [3.05, 3.63) is 23.9 Å². The molecular weight excluding hydrogens is 216 g/mol. The molecule has 0 amide bonds. The Morgan fingerprint density at radius 3 is 2.94 bits per heavy atom. The van der Waals surface area contributed by atoms with Crippen molar-refractivity contribution in [1.82, 2.24) is 4.98 Å². The van der Waals surface area contributed by atoms with Crippen LogP contribution in [0.2, 0.25) is 0 Å². The van der Waals surface area contributed by atoms with E-state index in [1.165, 1.54) is 0 Å². The van der Waals surface area contributed by atoms with E-state index in [-0.39, 0.29) is 6.10 Å². The van der Waals surface area contributed by atoms with Crippen molar-refractivity contribution in [1.29, 1.82) is 0 Å². The molecule has 2 rings (SSSR count). The van der Waals surface area contributed by atoms with Crippen LogP contribution in [-0.4, -0.2) is 34.4 Å². The predicted octanol–water partition coefficient (Wildman–Crippen LogP) is 1.34. The monoisotopic (exact) mass is 236 g/mol. The van der Waals surface area contributed by atoms with Crippen molar-refractivity contribution in [3.63, 3.8) is 0 Å². The first-order valence-corrected chi connectivity index (χ1v) is 6.15. The van der Waals surface area contributed by atoms with Crippen molar-refractivity contribution in [2.45, 2.75) is 32.5 Å². The average Bonchev–Trinajstić information content (AvgIpc) is 2.32. The van der Waals surface area contributed by atoms with E-state index < -0.39 is 6.10 Å². The van der Waals surface area contributed by atoms with Gasteiger partial charge in [-0.3, -0.25) is 0 Å². The number of rotatable bonds is 2. The normalized spacial score (nSPS) is 26.9. The number of β-amino-alcohol motifs (C(OH)–C–C–N with tert-alkyl or cyclic N) is 1. The molecule has 1 aromatic heterocycles. The van der Waals surface area contributed by atoms with Crippen LogP contribution < -0.4 is 4.90 Å². The highest BCUT2D eigenvalue weighted by Gasteiger charge is 2.26. The lowest BCUT2D eigenvalue weighted by molar-refractivity contribution is 0.102. The molecular formula is C13H20N2O2. The Balaban J connectivity index is 2.22. The number of anilines is 1. The van der Waals surface area contributed by atoms with E-state index in [2.05, 4.69) is 16.8 Å². The molecule has 1 saturated heterocycles. The Morgan fingerprint density at radius 2 is 2.29 bits per heavy atom. The molecule has 3 atom stereocenters. The fourth-order valence-corrected chi connectivity index (χ4v) is 2.24. The van der Waals surface area contributed by atoms with Gasteiger partial charge in [-0.15, -0.1) is 0 Å². The highest BCUT2D eigenvalue weighted by atomic mass is 16.3. The van der Waals surface area contributed by atoms with Crippen LogP contribution in [0.4, 0.5) is 5.82 Å². The van der Waals surface area contributed by atoms with E-state index in [1.807, 2.05) is 12.1 Å². The molecule has 2 heterocycles. The number of piperidine rings is 1. The number of nitrogens with zero attached hydrogens (tertiary/aromatic N) is 2. The predicted molar refractivity (Wildman–Crippen MR) is 66.9 cm³/mol. The third-order valence-electron chi connectivity index (χ3n) is 3.49. The zero-order chi connectivity index (χ0) is 12.4. The number of aliphatic hydroxyl groups is 2. The van der Waals surface area contributed by atoms with Crippen molar-refractivity contribution in [2.75, 3.05) is 18.0 Å². The molecule has 0 radical (unpaired) electrons. The van der Waals surface area contributed by atoms with Gasteiger partial charge in [-0.05, 0) is 25.3 Å². The van der Waals surface area contributed by atoms with Crippen molar-refractivity contribution in [2.24, 2.45) is 5.92 Å². The Labute approximate surface area is 102 Å². The first-order valence-electron chi connectivity index (χ1n) is 6.15. The van der Waals surface area contributed by atoms with Crippen molar-refractivity contribution < 1.29 is 10.2 Å². The maximum atomic E-state index is 9.91. The number of aliphatic hydroxyl groups excluding tert-OH is 2. The summed E-state index contributed by atoms with van der Waals surface area (Å²) in [5.74, 6) is 1.14. The van der Waals surface area contributed by atoms with Crippen LogP contribution >= 0.6 is 0 Å². The van der Waals surface area contributed by atoms with Gasteiger partial charge in [-0.2, -0.15) is 0 Å². The molecule has 0 spiro atoms. The molecule has 4 heteroatoms. The molecule has 0 aromatic carbocycles. The van der Waals surface area contributed by atoms with Gasteiger partial charge in [0.2, 0.25) is 0 Å². The van der Waals surface area contributed by atoms with Crippen LogP contribution in [-0.2, 0) is 0 Å². The van der Waals surface area contributed by atoms with Crippen LogP contribution in [0.5, 0.6) is 0 Å². The molecule has 17 heavy (non-hydrogen) atoms. The SMILES string of the molecule is CC(O)c1cccnc1N1CCC(C)C(O)C1. The second-order valence-electron chi connectivity index (χ2n) is 4.87. The van der Waals surface area contributed by atoms with Gasteiger partial charge in [0, 0.05) is 24.8 Å². The van der Waals surface area contributed by atoms with Gasteiger partial charge < -0.3 is 15.1 Å². The summed E-state index contributed by atoms with van der Waals surface area (Å²) in [6.07, 6.45) is 1.84. The van der Waals surface area contributed by atoms with E-state index >= 15 is 0 Å². The molecule has 0 saturated carbocycles. The molecule has 1 aliphatic rings. The minimum absolute atomic E-state index is 0.312. The molecule has 94 valence electrons. The zero-order valence-corrected chi connectivity index (χ0v) is 10.4. The topological polar surface area (TPSA) is 56.6 Å². The van der Waals surface area contributed by atoms with E-state index in [0.29, 0.717) is 12.5 Å². The molecule has 3 unspecified atom stereocenters. The lowest BCUT2D eigenvalue weighted by atomic mass is 9.95. The fourth-order valence-electron chi connectivity index (χ4n) is 2.24. The van der Waals surface area contributed by atoms with Crippen LogP contribution in [0.1, 0.15) is 31.9 Å². The van der Waals surface area contributed by atoms with E-state index in [1.54, 1.807) is 13.1 Å². The molecule has 1 aliphatic heterocycles. The summed E-state index contributed by atoms with van der Waals surface area (Å²) in [7, 11) is 0. The maximum Gasteiger partial charge on any atom is 0.134 e. The largest absolute Gasteiger partial charge is 0.391 e. The Morgan fingerprint density at radius 1 is 1.53 bits per heavy atom. The Kier molecular flexibility index (Phi) is 3.64. The van der Waals surface area contributed by atoms with Gasteiger partial charge in [0.15, 0.2) is 0 Å². The summed E-state index contributed by atoms with van der Waals surface area (Å²) >= 11 is 0. The molecule has 1 aromatic rings. The second kappa shape index (κ2) is 5.02. The first kappa shape index (κ1) is 12.3. The number of hydrogen-bond donors (Lipinski definition) is 2. The lowest BCUT2D eigenvalue weighted by Crippen LogP contribution is -2.43. The van der Waals surface area contributed by atoms with E-state index in [4.69, 9.17) is 0 Å². The van der Waals surface area contributed by atoms with Crippen LogP contribution in [0.3, 0.4) is 0 Å². The summed E-state index contributed by atoms with van der Waals surface area (Å²) in [6.45, 7) is 5.28. The minimum atomic E-state index is -0.532. The Bertz CT molecular complexity index is 381. The summed E-state index contributed by atoms with van der Waals surface area (Å²) in [5.41, 5.74) is 0.828. The van der Waals surface area contributed by atoms with Gasteiger partial charge in [0.25, 0.3) is 0 Å². The average molecular weight is 236 g/mol. The lowest BCUT2D eigenvalue weighted by Gasteiger charge is -2.36. The standard InChI is InChI=1S/C13H20N2O2/c1-9-5-7-15(8-12(9)17)13-11(10(2)16)4-3-6-14-13/h3-4,6,9-10,12,16-17H,5,7-8H2,1-2H3. The molecule has 0 aliphatic carbocycles. The quantitative estimate of drug-likeness (QED) is 0.813. The van der Waals surface area contributed by atoms with E-state index in [0.717, 1.165) is 24.3 Å². The third-order valence-corrected chi connectivity index (χ3v) is 3.49. The fraction of sp³-hybridized carbons (Fsp3) is 0.615. The minimum Gasteiger partial charge on any atom is -0.391 e. The number of hydrogen-bond acceptors (Lipinski definition) is 4. The summed E-state index contributed by atoms with van der Waals surface area (Å²) in [6, 6.07) is 3.71. The number of pyridine rings is 1. The van der Waals surface area contributed by atoms with Gasteiger partial charge in [0.05, 0.1) is 12.2 Å². The molecule has 0 bridgehead atoms. The maximum absolute atomic E-state index is 9.91. The highest BCUT2D eigenvalue weighted by Crippen LogP contribution is 2.27. The highest BCUT2D eigenvalue weighted by molar-refractivity contribution is 5.48. The zero-order valence-electron chi connectivity index (χ0n) is 10.4. The summed E-state index contributed by atoms with van der Waals surface area (Å²) in [4.78, 5) is 6.40. The van der Waals surface area contributed by atoms with Gasteiger partial charge in [-0.25, -0.2) is 4.98 Å². The van der Waals surface area contributed by atoms with Crippen LogP contribution in [0, 0.1) is 5.92 Å². The number of aromatic nitrogens is 1. The van der Waals surface area contributed by atoms with Gasteiger partial charge in [-0.1, -0.05) is 13.0 Å². The van der Waals surface area contributed by atoms with Crippen LogP contribution in [0.25, 0.3) is 0 Å². The first-order chi connectivity index (χ1) is 8.09. The van der Waals surface area contributed by atoms with E-state index in [9.17, 15) is 10.2 Å². The van der Waals surface area contributed by atoms with Crippen molar-refractivity contribution >= 4 is 5.82 Å². The van der Waals surface area contributed by atoms with Gasteiger partial charge >= 0.3 is 0 Å². The molecule has 1 fully saturated rings. The smallest absolute Gasteiger partial charge is 0.134 e. The Hall–Kier alpha value is -1.13.